The van der Waals surface area contributed by atoms with E-state index in [1.165, 1.54) is 30.3 Å². The van der Waals surface area contributed by atoms with Gasteiger partial charge in [0.15, 0.2) is 11.6 Å². The summed E-state index contributed by atoms with van der Waals surface area (Å²) in [6.45, 7) is 0.0880. The van der Waals surface area contributed by atoms with Crippen LogP contribution in [0.15, 0.2) is 40.9 Å². The van der Waals surface area contributed by atoms with Crippen LogP contribution in [0.25, 0.3) is 0 Å². The van der Waals surface area contributed by atoms with E-state index in [-0.39, 0.29) is 18.0 Å². The average Bonchev–Trinajstić information content (AvgIpc) is 2.30. The van der Waals surface area contributed by atoms with Crippen LogP contribution < -0.4 is 10.5 Å². The Kier molecular flexibility index (Phi) is 3.81. The summed E-state index contributed by atoms with van der Waals surface area (Å²) in [5.41, 5.74) is 6.52. The van der Waals surface area contributed by atoms with Gasteiger partial charge in [0, 0.05) is 15.7 Å². The van der Waals surface area contributed by atoms with Gasteiger partial charge in [-0.3, -0.25) is 0 Å². The molecule has 0 amide bonds. The summed E-state index contributed by atoms with van der Waals surface area (Å²) in [6, 6.07) is 8.50. The van der Waals surface area contributed by atoms with Gasteiger partial charge in [-0.2, -0.15) is 0 Å². The van der Waals surface area contributed by atoms with Crippen LogP contribution >= 0.6 is 15.9 Å². The van der Waals surface area contributed by atoms with E-state index >= 15 is 0 Å². The smallest absolute Gasteiger partial charge is 0.166 e. The molecule has 0 spiro atoms. The maximum Gasteiger partial charge on any atom is 0.166 e. The fourth-order valence-electron chi connectivity index (χ4n) is 1.45. The lowest BCUT2D eigenvalue weighted by Gasteiger charge is -2.09. The number of anilines is 1. The summed E-state index contributed by atoms with van der Waals surface area (Å²) in [7, 11) is 0. The predicted molar refractivity (Wildman–Crippen MR) is 69.2 cm³/mol. The molecule has 0 aliphatic heterocycles. The van der Waals surface area contributed by atoms with Crippen molar-refractivity contribution in [2.24, 2.45) is 0 Å². The normalized spacial score (nSPS) is 10.4. The van der Waals surface area contributed by atoms with E-state index < -0.39 is 11.6 Å². The lowest BCUT2D eigenvalue weighted by molar-refractivity contribution is 0.290. The van der Waals surface area contributed by atoms with E-state index in [1.54, 1.807) is 6.07 Å². The zero-order valence-corrected chi connectivity index (χ0v) is 10.9. The molecule has 0 atom stereocenters. The van der Waals surface area contributed by atoms with Gasteiger partial charge < -0.3 is 10.5 Å². The minimum absolute atomic E-state index is 0.0880. The molecule has 0 aliphatic rings. The Labute approximate surface area is 112 Å². The molecule has 0 aromatic heterocycles. The van der Waals surface area contributed by atoms with Crippen LogP contribution in [0.5, 0.6) is 5.75 Å². The van der Waals surface area contributed by atoms with Crippen LogP contribution in [-0.2, 0) is 6.61 Å². The fraction of sp³-hybridized carbons (Fsp3) is 0.0769. The highest BCUT2D eigenvalue weighted by molar-refractivity contribution is 9.10. The van der Waals surface area contributed by atoms with Crippen molar-refractivity contribution in [3.63, 3.8) is 0 Å². The number of rotatable bonds is 3. The third kappa shape index (κ3) is 2.98. The highest BCUT2D eigenvalue weighted by atomic mass is 79.9. The molecule has 2 nitrogen and oxygen atoms in total. The van der Waals surface area contributed by atoms with Crippen LogP contribution in [-0.4, -0.2) is 0 Å². The van der Waals surface area contributed by atoms with Gasteiger partial charge >= 0.3 is 0 Å². The Morgan fingerprint density at radius 2 is 1.89 bits per heavy atom. The number of benzene rings is 2. The van der Waals surface area contributed by atoms with Crippen molar-refractivity contribution in [1.82, 2.24) is 0 Å². The largest absolute Gasteiger partial charge is 0.486 e. The van der Waals surface area contributed by atoms with Gasteiger partial charge in [-0.05, 0) is 30.3 Å². The first-order valence-corrected chi connectivity index (χ1v) is 5.97. The van der Waals surface area contributed by atoms with Crippen molar-refractivity contribution in [1.29, 1.82) is 0 Å². The molecule has 5 heteroatoms. The molecule has 2 rings (SSSR count). The van der Waals surface area contributed by atoms with Gasteiger partial charge in [-0.15, -0.1) is 0 Å². The molecule has 2 N–H and O–H groups in total. The number of hydrogen-bond acceptors (Lipinski definition) is 2. The summed E-state index contributed by atoms with van der Waals surface area (Å²) in [6.07, 6.45) is 0. The zero-order chi connectivity index (χ0) is 13.1. The Hall–Kier alpha value is -1.62. The van der Waals surface area contributed by atoms with Crippen LogP contribution in [0.4, 0.5) is 14.5 Å². The second-order valence-electron chi connectivity index (χ2n) is 3.71. The van der Waals surface area contributed by atoms with Gasteiger partial charge in [-0.25, -0.2) is 8.78 Å². The fourth-order valence-corrected chi connectivity index (χ4v) is 1.78. The van der Waals surface area contributed by atoms with Crippen molar-refractivity contribution in [2.45, 2.75) is 6.61 Å². The lowest BCUT2D eigenvalue weighted by atomic mass is 10.2. The van der Waals surface area contributed by atoms with Gasteiger partial charge in [0.1, 0.15) is 12.4 Å². The number of ether oxygens (including phenoxy) is 1. The third-order valence-electron chi connectivity index (χ3n) is 2.39. The molecule has 18 heavy (non-hydrogen) atoms. The molecule has 0 fully saturated rings. The lowest BCUT2D eigenvalue weighted by Crippen LogP contribution is -2.01. The first-order chi connectivity index (χ1) is 8.56. The average molecular weight is 314 g/mol. The maximum atomic E-state index is 13.5. The Bertz CT molecular complexity index is 523. The summed E-state index contributed by atoms with van der Waals surface area (Å²) >= 11 is 3.15. The van der Waals surface area contributed by atoms with Gasteiger partial charge in [-0.1, -0.05) is 22.0 Å². The van der Waals surface area contributed by atoms with Crippen molar-refractivity contribution in [2.75, 3.05) is 5.73 Å². The molecule has 0 bridgehead atoms. The Morgan fingerprint density at radius 3 is 2.56 bits per heavy atom. The molecule has 0 aliphatic carbocycles. The second-order valence-corrected chi connectivity index (χ2v) is 4.62. The maximum absolute atomic E-state index is 13.5. The van der Waals surface area contributed by atoms with Gasteiger partial charge in [0.25, 0.3) is 0 Å². The second kappa shape index (κ2) is 5.35. The molecule has 94 valence electrons. The molecular formula is C13H10BrF2NO. The van der Waals surface area contributed by atoms with E-state index in [2.05, 4.69) is 15.9 Å². The molecule has 0 unspecified atom stereocenters. The monoisotopic (exact) mass is 313 g/mol. The SMILES string of the molecule is Nc1cc(F)ccc1COc1ccc(Br)cc1F. The number of nitrogen functional groups attached to an aromatic ring is 1. The summed E-state index contributed by atoms with van der Waals surface area (Å²) in [5.74, 6) is -0.752. The quantitative estimate of drug-likeness (QED) is 0.873. The van der Waals surface area contributed by atoms with Crippen LogP contribution in [0.2, 0.25) is 0 Å². The van der Waals surface area contributed by atoms with E-state index in [1.807, 2.05) is 0 Å². The minimum atomic E-state index is -0.468. The predicted octanol–water partition coefficient (Wildman–Crippen LogP) is 3.89. The number of hydrogen-bond donors (Lipinski definition) is 1. The van der Waals surface area contributed by atoms with Crippen molar-refractivity contribution in [3.8, 4) is 5.75 Å². The highest BCUT2D eigenvalue weighted by Gasteiger charge is 2.06. The van der Waals surface area contributed by atoms with E-state index in [0.717, 1.165) is 0 Å². The molecule has 0 heterocycles. The minimum Gasteiger partial charge on any atom is -0.486 e. The number of halogens is 3. The van der Waals surface area contributed by atoms with Crippen molar-refractivity contribution < 1.29 is 13.5 Å². The molecule has 0 saturated heterocycles. The summed E-state index contributed by atoms with van der Waals surface area (Å²) in [4.78, 5) is 0. The van der Waals surface area contributed by atoms with Gasteiger partial charge in [0.05, 0.1) is 0 Å². The molecule has 0 radical (unpaired) electrons. The Balaban J connectivity index is 2.11. The van der Waals surface area contributed by atoms with E-state index in [0.29, 0.717) is 10.0 Å². The molecule has 0 saturated carbocycles. The standard InChI is InChI=1S/C13H10BrF2NO/c14-9-2-4-13(11(16)5-9)18-7-8-1-3-10(15)6-12(8)17/h1-6H,7,17H2. The third-order valence-corrected chi connectivity index (χ3v) is 2.88. The first-order valence-electron chi connectivity index (χ1n) is 5.18. The van der Waals surface area contributed by atoms with E-state index in [9.17, 15) is 8.78 Å². The number of nitrogens with two attached hydrogens (primary N) is 1. The van der Waals surface area contributed by atoms with Gasteiger partial charge in [0.2, 0.25) is 0 Å². The molecular weight excluding hydrogens is 304 g/mol. The zero-order valence-electron chi connectivity index (χ0n) is 9.29. The molecule has 2 aromatic carbocycles. The van der Waals surface area contributed by atoms with E-state index in [4.69, 9.17) is 10.5 Å². The van der Waals surface area contributed by atoms with Crippen molar-refractivity contribution >= 4 is 21.6 Å². The van der Waals surface area contributed by atoms with Crippen LogP contribution in [0.1, 0.15) is 5.56 Å². The van der Waals surface area contributed by atoms with Crippen LogP contribution in [0, 0.1) is 11.6 Å². The molecule has 2 aromatic rings. The summed E-state index contributed by atoms with van der Waals surface area (Å²) < 4.78 is 32.2. The summed E-state index contributed by atoms with van der Waals surface area (Å²) in [5, 5.41) is 0. The first kappa shape index (κ1) is 12.8. The topological polar surface area (TPSA) is 35.2 Å². The Morgan fingerprint density at radius 1 is 1.11 bits per heavy atom. The highest BCUT2D eigenvalue weighted by Crippen LogP contribution is 2.23. The van der Waals surface area contributed by atoms with Crippen molar-refractivity contribution in [3.05, 3.63) is 58.1 Å². The van der Waals surface area contributed by atoms with Crippen LogP contribution in [0.3, 0.4) is 0 Å².